The zero-order valence-corrected chi connectivity index (χ0v) is 36.3. The van der Waals surface area contributed by atoms with E-state index in [1.54, 1.807) is 42.5 Å². The number of hydrogen-bond acceptors (Lipinski definition) is 7. The van der Waals surface area contributed by atoms with Gasteiger partial charge in [0.2, 0.25) is 5.91 Å². The van der Waals surface area contributed by atoms with Crippen LogP contribution in [-0.4, -0.2) is 52.3 Å². The predicted molar refractivity (Wildman–Crippen MR) is 207 cm³/mol. The van der Waals surface area contributed by atoms with E-state index in [4.69, 9.17) is 4.74 Å². The van der Waals surface area contributed by atoms with Gasteiger partial charge in [0.05, 0.1) is 53.6 Å². The van der Waals surface area contributed by atoms with E-state index in [1.165, 1.54) is 49.9 Å². The molecule has 4 aromatic rings. The molecule has 10 nitrogen and oxygen atoms in total. The van der Waals surface area contributed by atoms with Crippen LogP contribution in [0.25, 0.3) is 0 Å². The molecule has 0 atom stereocenters. The number of hydrogen-bond donors (Lipinski definition) is 4. The van der Waals surface area contributed by atoms with E-state index in [1.807, 2.05) is 41.3 Å². The Morgan fingerprint density at radius 2 is 1.65 bits per heavy atom. The first kappa shape index (κ1) is 46.2. The van der Waals surface area contributed by atoms with Gasteiger partial charge in [-0.1, -0.05) is 50.8 Å². The molecule has 0 bridgehead atoms. The maximum atomic E-state index is 14.1. The number of benzene rings is 4. The molecule has 0 aliphatic rings. The SMILES string of the molecule is CC(F)(F)c1cc(NI)ccc1CC(=O)Nc1ccc(C(=O)N(CC(=O)O)Cc2cc[c-]cc2)cc1O.CCCCCCCOc1ccc([C-]=O)cc1.[U+2]. The molecule has 4 aromatic carbocycles. The van der Waals surface area contributed by atoms with Crippen molar-refractivity contribution in [2.24, 2.45) is 0 Å². The molecule has 0 aliphatic carbocycles. The summed E-state index contributed by atoms with van der Waals surface area (Å²) in [4.78, 5) is 48.3. The molecule has 4 N–H and O–H groups in total. The van der Waals surface area contributed by atoms with E-state index in [-0.39, 0.29) is 66.5 Å². The van der Waals surface area contributed by atoms with Gasteiger partial charge in [0, 0.05) is 30.3 Å². The van der Waals surface area contributed by atoms with E-state index in [0.717, 1.165) is 36.7 Å². The minimum absolute atomic E-state index is 0. The molecule has 0 saturated carbocycles. The molecule has 0 spiro atoms. The second-order valence-electron chi connectivity index (χ2n) is 12.2. The topological polar surface area (TPSA) is 145 Å². The largest absolute Gasteiger partial charge is 2.00 e. The van der Waals surface area contributed by atoms with Crippen LogP contribution in [0.2, 0.25) is 0 Å². The van der Waals surface area contributed by atoms with Crippen LogP contribution in [0, 0.1) is 37.2 Å². The van der Waals surface area contributed by atoms with E-state index in [9.17, 15) is 38.2 Å². The number of nitrogens with zero attached hydrogens (tertiary/aromatic N) is 1. The fourth-order valence-electron chi connectivity index (χ4n) is 5.14. The second kappa shape index (κ2) is 23.7. The quantitative estimate of drug-likeness (QED) is 0.0256. The molecule has 284 valence electrons. The number of carboxylic acids is 1. The summed E-state index contributed by atoms with van der Waals surface area (Å²) in [5, 5.41) is 22.1. The molecule has 2 amide bonds. The van der Waals surface area contributed by atoms with Gasteiger partial charge in [-0.15, -0.1) is 5.56 Å². The van der Waals surface area contributed by atoms with E-state index < -0.39 is 36.0 Å². The van der Waals surface area contributed by atoms with Crippen molar-refractivity contribution in [3.8, 4) is 11.5 Å². The van der Waals surface area contributed by atoms with Crippen molar-refractivity contribution in [2.45, 2.75) is 64.8 Å². The number of alkyl halides is 2. The van der Waals surface area contributed by atoms with Crippen molar-refractivity contribution in [2.75, 3.05) is 22.0 Å². The number of anilines is 2. The van der Waals surface area contributed by atoms with E-state index in [2.05, 4.69) is 21.8 Å². The summed E-state index contributed by atoms with van der Waals surface area (Å²) in [6.07, 6.45) is 7.66. The second-order valence-corrected chi connectivity index (χ2v) is 12.7. The molecule has 0 saturated heterocycles. The van der Waals surface area contributed by atoms with E-state index in [0.29, 0.717) is 16.8 Å². The van der Waals surface area contributed by atoms with Gasteiger partial charge in [-0.25, -0.2) is 8.78 Å². The zero-order chi connectivity index (χ0) is 38.8. The third kappa shape index (κ3) is 15.8. The van der Waals surface area contributed by atoms with Gasteiger partial charge in [0.1, 0.15) is 12.3 Å². The number of halogens is 3. The van der Waals surface area contributed by atoms with Crippen molar-refractivity contribution < 1.29 is 74.0 Å². The molecule has 0 aliphatic heterocycles. The van der Waals surface area contributed by atoms with Crippen LogP contribution in [0.5, 0.6) is 11.5 Å². The molecule has 0 radical (unpaired) electrons. The van der Waals surface area contributed by atoms with Gasteiger partial charge in [-0.2, -0.15) is 48.0 Å². The molecule has 0 fully saturated rings. The van der Waals surface area contributed by atoms with Crippen LogP contribution in [-0.2, 0) is 33.3 Å². The average Bonchev–Trinajstić information content (AvgIpc) is 3.14. The van der Waals surface area contributed by atoms with Crippen LogP contribution in [0.1, 0.15) is 78.6 Å². The number of phenols is 1. The monoisotopic (exact) mass is 1080 g/mol. The third-order valence-electron chi connectivity index (χ3n) is 7.82. The maximum Gasteiger partial charge on any atom is 2.00 e. The Hall–Kier alpha value is -4.00. The normalized spacial score (nSPS) is 10.5. The number of unbranched alkanes of at least 4 members (excludes halogenated alkanes) is 4. The number of nitrogens with one attached hydrogen (secondary N) is 2. The van der Waals surface area contributed by atoms with Gasteiger partial charge in [0.25, 0.3) is 11.8 Å². The molecule has 0 aromatic heterocycles. The summed E-state index contributed by atoms with van der Waals surface area (Å²) in [5.41, 5.74) is 1.52. The van der Waals surface area contributed by atoms with Gasteiger partial charge in [0.15, 0.2) is 0 Å². The first-order chi connectivity index (χ1) is 25.3. The number of carbonyl (C=O) groups is 3. The van der Waals surface area contributed by atoms with Crippen molar-refractivity contribution in [3.05, 3.63) is 119 Å². The number of rotatable bonds is 18. The number of aromatic hydroxyl groups is 1. The smallest absolute Gasteiger partial charge is 0.506 e. The van der Waals surface area contributed by atoms with Crippen LogP contribution in [0.3, 0.4) is 0 Å². The Labute approximate surface area is 351 Å². The fraction of sp³-hybridized carbons (Fsp3) is 0.300. The Morgan fingerprint density at radius 3 is 2.24 bits per heavy atom. The Kier molecular flexibility index (Phi) is 20.3. The number of aliphatic carboxylic acids is 1. The Balaban J connectivity index is 0.000000498. The molecular weight excluding hydrogens is 1040 g/mol. The summed E-state index contributed by atoms with van der Waals surface area (Å²) in [6.45, 7) is 3.17. The van der Waals surface area contributed by atoms with E-state index >= 15 is 0 Å². The van der Waals surface area contributed by atoms with Gasteiger partial charge < -0.3 is 33.5 Å². The van der Waals surface area contributed by atoms with Crippen molar-refractivity contribution in [3.63, 3.8) is 0 Å². The van der Waals surface area contributed by atoms with Gasteiger partial charge >= 0.3 is 37.1 Å². The average molecular weight is 1080 g/mol. The third-order valence-corrected chi connectivity index (χ3v) is 8.45. The molecule has 54 heavy (non-hydrogen) atoms. The minimum atomic E-state index is -3.18. The summed E-state index contributed by atoms with van der Waals surface area (Å²) in [6, 6.07) is 24.6. The van der Waals surface area contributed by atoms with Gasteiger partial charge in [-0.3, -0.25) is 14.4 Å². The maximum absolute atomic E-state index is 14.1. The molecular formula is C40H42F2IN3O7U. The fourth-order valence-corrected chi connectivity index (χ4v) is 5.48. The van der Waals surface area contributed by atoms with Crippen LogP contribution in [0.4, 0.5) is 20.2 Å². The van der Waals surface area contributed by atoms with Crippen LogP contribution >= 0.6 is 22.9 Å². The van der Waals surface area contributed by atoms with Crippen molar-refractivity contribution in [1.82, 2.24) is 4.90 Å². The standard InChI is InChI=1S/C26H23F2IN3O5.C14H19O2.U/c1-26(27,28)20-13-19(31-29)9-7-17(20)12-23(34)30-21-10-8-18(11-22(21)33)25(37)32(15-24(35)36)14-16-5-3-2-4-6-16;1-2-3-4-5-6-11-16-14-9-7-13(12-15)8-10-14;/h3-11,13,31,33H,12,14-15H2,1H3,(H,30,34)(H,35,36);7-10H,2-6,11H2,1H3;/q2*-1;+2. The van der Waals surface area contributed by atoms with Crippen molar-refractivity contribution >= 4 is 58.3 Å². The molecule has 14 heteroatoms. The Morgan fingerprint density at radius 1 is 0.963 bits per heavy atom. The number of carbonyl (C=O) groups excluding carboxylic acids is 3. The van der Waals surface area contributed by atoms with Gasteiger partial charge in [-0.05, 0) is 42.3 Å². The first-order valence-electron chi connectivity index (χ1n) is 16.9. The first-order valence-corrected chi connectivity index (χ1v) is 18.0. The number of phenolic OH excluding ortho intramolecular Hbond substituents is 1. The number of amides is 2. The molecule has 0 unspecified atom stereocenters. The zero-order valence-electron chi connectivity index (χ0n) is 30.0. The predicted octanol–water partition coefficient (Wildman–Crippen LogP) is 8.47. The summed E-state index contributed by atoms with van der Waals surface area (Å²) in [7, 11) is 0. The number of ether oxygens (including phenoxy) is 1. The molecule has 4 rings (SSSR count). The summed E-state index contributed by atoms with van der Waals surface area (Å²) < 4.78 is 36.5. The summed E-state index contributed by atoms with van der Waals surface area (Å²) in [5.74, 6) is -5.28. The van der Waals surface area contributed by atoms with Crippen LogP contribution in [0.15, 0.2) is 84.9 Å². The Bertz CT molecular complexity index is 1810. The van der Waals surface area contributed by atoms with Crippen molar-refractivity contribution in [1.29, 1.82) is 0 Å². The molecule has 0 heterocycles. The van der Waals surface area contributed by atoms with Crippen LogP contribution < -0.4 is 13.6 Å². The summed E-state index contributed by atoms with van der Waals surface area (Å²) >= 11 is 1.82. The minimum Gasteiger partial charge on any atom is -0.506 e. The number of carboxylic acid groups (broad SMARTS) is 1.